The van der Waals surface area contributed by atoms with Gasteiger partial charge in [0.05, 0.1) is 34.8 Å². The second-order valence-corrected chi connectivity index (χ2v) is 10.7. The highest BCUT2D eigenvalue weighted by atomic mass is 16.7. The molecule has 4 heterocycles. The molecule has 0 bridgehead atoms. The van der Waals surface area contributed by atoms with Gasteiger partial charge < -0.3 is 24.7 Å². The number of imidazole rings is 1. The van der Waals surface area contributed by atoms with Gasteiger partial charge in [0.15, 0.2) is 24.1 Å². The molecule has 0 saturated carbocycles. The largest absolute Gasteiger partial charge is 0.459 e. The van der Waals surface area contributed by atoms with Crippen molar-refractivity contribution < 1.29 is 33.3 Å². The number of benzene rings is 3. The van der Waals surface area contributed by atoms with Crippen LogP contribution >= 0.6 is 0 Å². The van der Waals surface area contributed by atoms with Crippen LogP contribution in [0.15, 0.2) is 110 Å². The molecule has 3 aromatic carbocycles. The Bertz CT molecular complexity index is 2070. The monoisotopic (exact) mass is 645 g/mol. The number of hydrogen-bond donors (Lipinski definition) is 2. The molecular formula is C34H27N7O7. The zero-order valence-corrected chi connectivity index (χ0v) is 25.1. The SMILES string of the molecule is Nc1[nH]ncc1-c1ncnc2c1ncn2[C@@H]1O[C@H](COC(=O)c2ccccc2)[C@@H](OC(=O)c2ccccc2)[C@H]1OC(=O)c1ccccc1. The summed E-state index contributed by atoms with van der Waals surface area (Å²) in [6.07, 6.45) is -0.408. The molecule has 14 nitrogen and oxygen atoms in total. The number of aromatic nitrogens is 6. The van der Waals surface area contributed by atoms with E-state index < -0.39 is 42.4 Å². The van der Waals surface area contributed by atoms with Crippen LogP contribution in [0, 0.1) is 0 Å². The van der Waals surface area contributed by atoms with E-state index in [2.05, 4.69) is 25.1 Å². The minimum atomic E-state index is -1.25. The van der Waals surface area contributed by atoms with E-state index in [9.17, 15) is 14.4 Å². The first-order chi connectivity index (χ1) is 23.5. The van der Waals surface area contributed by atoms with Gasteiger partial charge in [0, 0.05) is 0 Å². The second kappa shape index (κ2) is 13.1. The fourth-order valence-electron chi connectivity index (χ4n) is 5.40. The summed E-state index contributed by atoms with van der Waals surface area (Å²) in [7, 11) is 0. The van der Waals surface area contributed by atoms with Crippen LogP contribution in [0.4, 0.5) is 5.82 Å². The number of nitrogen functional groups attached to an aromatic ring is 1. The average molecular weight is 646 g/mol. The molecule has 3 aromatic heterocycles. The number of ether oxygens (including phenoxy) is 4. The smallest absolute Gasteiger partial charge is 0.338 e. The lowest BCUT2D eigenvalue weighted by molar-refractivity contribution is -0.0606. The van der Waals surface area contributed by atoms with Gasteiger partial charge in [-0.1, -0.05) is 54.6 Å². The molecule has 1 aliphatic heterocycles. The van der Waals surface area contributed by atoms with E-state index in [1.807, 2.05) is 0 Å². The fraction of sp³-hybridized carbons (Fsp3) is 0.147. The van der Waals surface area contributed by atoms with Crippen molar-refractivity contribution in [1.29, 1.82) is 0 Å². The third-order valence-electron chi connectivity index (χ3n) is 7.74. The van der Waals surface area contributed by atoms with E-state index in [4.69, 9.17) is 24.7 Å². The third-order valence-corrected chi connectivity index (χ3v) is 7.74. The lowest BCUT2D eigenvalue weighted by Gasteiger charge is -2.25. The Kier molecular flexibility index (Phi) is 8.28. The van der Waals surface area contributed by atoms with Crippen LogP contribution in [0.1, 0.15) is 37.3 Å². The number of esters is 3. The first kappa shape index (κ1) is 30.3. The molecular weight excluding hydrogens is 618 g/mol. The van der Waals surface area contributed by atoms with Gasteiger partial charge in [0.2, 0.25) is 0 Å². The van der Waals surface area contributed by atoms with E-state index >= 15 is 0 Å². The minimum absolute atomic E-state index is 0.261. The van der Waals surface area contributed by atoms with Crippen molar-refractivity contribution in [1.82, 2.24) is 29.7 Å². The highest BCUT2D eigenvalue weighted by Gasteiger charge is 2.52. The molecule has 48 heavy (non-hydrogen) atoms. The zero-order chi connectivity index (χ0) is 33.0. The van der Waals surface area contributed by atoms with Crippen molar-refractivity contribution >= 4 is 34.9 Å². The highest BCUT2D eigenvalue weighted by molar-refractivity contribution is 5.92. The van der Waals surface area contributed by atoms with Gasteiger partial charge in [-0.15, -0.1) is 0 Å². The molecule has 14 heteroatoms. The highest BCUT2D eigenvalue weighted by Crippen LogP contribution is 2.38. The van der Waals surface area contributed by atoms with Crippen molar-refractivity contribution in [3.63, 3.8) is 0 Å². The summed E-state index contributed by atoms with van der Waals surface area (Å²) in [6, 6.07) is 25.1. The third kappa shape index (κ3) is 5.94. The van der Waals surface area contributed by atoms with Crippen molar-refractivity contribution in [2.45, 2.75) is 24.5 Å². The summed E-state index contributed by atoms with van der Waals surface area (Å²) < 4.78 is 25.7. The van der Waals surface area contributed by atoms with Crippen molar-refractivity contribution in [2.75, 3.05) is 12.3 Å². The average Bonchev–Trinajstić information content (AvgIpc) is 3.85. The number of anilines is 1. The lowest BCUT2D eigenvalue weighted by atomic mass is 10.1. The van der Waals surface area contributed by atoms with Crippen molar-refractivity contribution in [2.24, 2.45) is 0 Å². The van der Waals surface area contributed by atoms with Gasteiger partial charge in [-0.05, 0) is 36.4 Å². The van der Waals surface area contributed by atoms with E-state index in [0.717, 1.165) is 0 Å². The van der Waals surface area contributed by atoms with Gasteiger partial charge in [-0.3, -0.25) is 9.67 Å². The molecule has 0 unspecified atom stereocenters. The number of hydrogen-bond acceptors (Lipinski definition) is 12. The molecule has 0 amide bonds. The Hall–Kier alpha value is -6.41. The number of H-pyrrole nitrogens is 1. The quantitative estimate of drug-likeness (QED) is 0.170. The van der Waals surface area contributed by atoms with Crippen LogP contribution in [0.5, 0.6) is 0 Å². The van der Waals surface area contributed by atoms with Gasteiger partial charge in [0.1, 0.15) is 36.1 Å². The topological polar surface area (TPSA) is 186 Å². The van der Waals surface area contributed by atoms with Gasteiger partial charge in [-0.2, -0.15) is 5.10 Å². The summed E-state index contributed by atoms with van der Waals surface area (Å²) in [5, 5.41) is 6.65. The number of fused-ring (bicyclic) bond motifs is 1. The number of carbonyl (C=O) groups is 3. The van der Waals surface area contributed by atoms with E-state index in [0.29, 0.717) is 28.0 Å². The van der Waals surface area contributed by atoms with Gasteiger partial charge in [0.25, 0.3) is 0 Å². The maximum Gasteiger partial charge on any atom is 0.338 e. The Morgan fingerprint density at radius 3 is 1.94 bits per heavy atom. The molecule has 6 aromatic rings. The van der Waals surface area contributed by atoms with Crippen LogP contribution in [0.3, 0.4) is 0 Å². The van der Waals surface area contributed by atoms with E-state index in [1.54, 1.807) is 95.6 Å². The normalized spacial score (nSPS) is 18.8. The Balaban J connectivity index is 1.28. The molecule has 4 atom stereocenters. The number of nitrogens with zero attached hydrogens (tertiary/aromatic N) is 5. The lowest BCUT2D eigenvalue weighted by Crippen LogP contribution is -2.41. The van der Waals surface area contributed by atoms with Crippen molar-refractivity contribution in [3.8, 4) is 11.3 Å². The first-order valence-electron chi connectivity index (χ1n) is 14.8. The summed E-state index contributed by atoms with van der Waals surface area (Å²) in [5.74, 6) is -1.72. The van der Waals surface area contributed by atoms with Crippen LogP contribution in [-0.4, -0.2) is 72.5 Å². The maximum absolute atomic E-state index is 13.5. The second-order valence-electron chi connectivity index (χ2n) is 10.7. The molecule has 3 N–H and O–H groups in total. The number of nitrogens with one attached hydrogen (secondary N) is 1. The molecule has 1 saturated heterocycles. The predicted octanol–water partition coefficient (Wildman–Crippen LogP) is 4.00. The molecule has 1 fully saturated rings. The summed E-state index contributed by atoms with van der Waals surface area (Å²) in [4.78, 5) is 53.2. The predicted molar refractivity (Wildman–Crippen MR) is 169 cm³/mol. The van der Waals surface area contributed by atoms with E-state index in [1.165, 1.54) is 18.9 Å². The van der Waals surface area contributed by atoms with Crippen molar-refractivity contribution in [3.05, 3.63) is 127 Å². The van der Waals surface area contributed by atoms with Gasteiger partial charge >= 0.3 is 17.9 Å². The number of carbonyl (C=O) groups excluding carboxylic acids is 3. The molecule has 0 radical (unpaired) electrons. The molecule has 7 rings (SSSR count). The maximum atomic E-state index is 13.5. The van der Waals surface area contributed by atoms with Crippen LogP contribution in [-0.2, 0) is 18.9 Å². The minimum Gasteiger partial charge on any atom is -0.459 e. The zero-order valence-electron chi connectivity index (χ0n) is 25.1. The number of nitrogens with two attached hydrogens (primary N) is 1. The Morgan fingerprint density at radius 2 is 1.35 bits per heavy atom. The molecule has 240 valence electrons. The van der Waals surface area contributed by atoms with Crippen LogP contribution in [0.25, 0.3) is 22.4 Å². The molecule has 0 aliphatic carbocycles. The number of rotatable bonds is 9. The summed E-state index contributed by atoms with van der Waals surface area (Å²) >= 11 is 0. The fourth-order valence-corrected chi connectivity index (χ4v) is 5.40. The van der Waals surface area contributed by atoms with E-state index in [-0.39, 0.29) is 23.6 Å². The summed E-state index contributed by atoms with van der Waals surface area (Å²) in [6.45, 7) is -0.339. The van der Waals surface area contributed by atoms with Gasteiger partial charge in [-0.25, -0.2) is 29.3 Å². The molecule has 1 aliphatic rings. The first-order valence-corrected chi connectivity index (χ1v) is 14.8. The molecule has 0 spiro atoms. The Morgan fingerprint density at radius 1 is 0.771 bits per heavy atom. The summed E-state index contributed by atoms with van der Waals surface area (Å²) in [5.41, 5.74) is 8.49. The van der Waals surface area contributed by atoms with Crippen LogP contribution < -0.4 is 5.73 Å². The van der Waals surface area contributed by atoms with Crippen LogP contribution in [0.2, 0.25) is 0 Å². The standard InChI is InChI=1S/C34H27N7O7/c35-29-23(16-39-40-29)25-26-30(37-18-36-25)41(19-38-26)31-28(48-34(44)22-14-8-3-9-15-22)27(47-33(43)21-12-6-2-7-13-21)24(46-31)17-45-32(42)20-10-4-1-5-11-20/h1-16,18-19,24,27-28,31H,17H2,(H3,35,39,40)/t24-,27-,28-,31-/m1/s1. The number of aromatic amines is 1. The Labute approximate surface area is 272 Å².